The third-order valence-electron chi connectivity index (χ3n) is 6.57. The Morgan fingerprint density at radius 1 is 1.03 bits per heavy atom. The highest BCUT2D eigenvalue weighted by molar-refractivity contribution is 14.0. The summed E-state index contributed by atoms with van der Waals surface area (Å²) in [6.07, 6.45) is 11.1. The lowest BCUT2D eigenvalue weighted by Gasteiger charge is -2.34. The van der Waals surface area contributed by atoms with Gasteiger partial charge in [0.05, 0.1) is 12.2 Å². The van der Waals surface area contributed by atoms with Gasteiger partial charge in [0, 0.05) is 45.9 Å². The average molecular weight is 523 g/mol. The number of likely N-dealkylation sites (tertiary alicyclic amines) is 2. The minimum absolute atomic E-state index is 0. The van der Waals surface area contributed by atoms with E-state index in [-0.39, 0.29) is 30.1 Å². The van der Waals surface area contributed by atoms with E-state index in [9.17, 15) is 5.11 Å². The fourth-order valence-corrected chi connectivity index (χ4v) is 4.73. The van der Waals surface area contributed by atoms with Gasteiger partial charge < -0.3 is 25.0 Å². The zero-order valence-corrected chi connectivity index (χ0v) is 20.7. The first-order valence-electron chi connectivity index (χ1n) is 11.8. The summed E-state index contributed by atoms with van der Waals surface area (Å²) < 4.78 is 6.22. The average Bonchev–Trinajstić information content (AvgIpc) is 3.24. The van der Waals surface area contributed by atoms with Crippen molar-refractivity contribution in [3.8, 4) is 0 Å². The lowest BCUT2D eigenvalue weighted by molar-refractivity contribution is 0.00101. The molecule has 0 aromatic heterocycles. The summed E-state index contributed by atoms with van der Waals surface area (Å²) in [7, 11) is 0. The number of piperidine rings is 2. The van der Waals surface area contributed by atoms with Gasteiger partial charge in [0.25, 0.3) is 0 Å². The quantitative estimate of drug-likeness (QED) is 0.222. The Labute approximate surface area is 194 Å². The van der Waals surface area contributed by atoms with E-state index in [1.807, 2.05) is 0 Å². The van der Waals surface area contributed by atoms with E-state index in [0.717, 1.165) is 96.4 Å². The van der Waals surface area contributed by atoms with Crippen molar-refractivity contribution in [1.29, 1.82) is 0 Å². The molecule has 1 aliphatic carbocycles. The zero-order valence-electron chi connectivity index (χ0n) is 18.4. The van der Waals surface area contributed by atoms with Gasteiger partial charge in [0.1, 0.15) is 0 Å². The Balaban J connectivity index is 0.00000300. The minimum Gasteiger partial charge on any atom is -0.393 e. The topological polar surface area (TPSA) is 60.3 Å². The molecule has 29 heavy (non-hydrogen) atoms. The van der Waals surface area contributed by atoms with Crippen molar-refractivity contribution < 1.29 is 9.84 Å². The summed E-state index contributed by atoms with van der Waals surface area (Å²) in [5.74, 6) is 1.89. The highest BCUT2D eigenvalue weighted by atomic mass is 127. The molecular weight excluding hydrogens is 479 g/mol. The molecule has 2 heterocycles. The summed E-state index contributed by atoms with van der Waals surface area (Å²) in [6.45, 7) is 10.2. The van der Waals surface area contributed by atoms with Crippen molar-refractivity contribution in [2.45, 2.75) is 76.9 Å². The summed E-state index contributed by atoms with van der Waals surface area (Å²) in [5.41, 5.74) is 0. The highest BCUT2D eigenvalue weighted by Crippen LogP contribution is 2.26. The first-order chi connectivity index (χ1) is 13.7. The third kappa shape index (κ3) is 8.87. The lowest BCUT2D eigenvalue weighted by Crippen LogP contribution is -2.47. The van der Waals surface area contributed by atoms with E-state index in [0.29, 0.717) is 6.10 Å². The van der Waals surface area contributed by atoms with E-state index in [4.69, 9.17) is 9.73 Å². The monoisotopic (exact) mass is 522 g/mol. The van der Waals surface area contributed by atoms with E-state index in [2.05, 4.69) is 22.0 Å². The van der Waals surface area contributed by atoms with Crippen LogP contribution in [0.2, 0.25) is 0 Å². The highest BCUT2D eigenvalue weighted by Gasteiger charge is 2.24. The third-order valence-corrected chi connectivity index (χ3v) is 6.57. The van der Waals surface area contributed by atoms with Gasteiger partial charge in [-0.3, -0.25) is 4.99 Å². The molecule has 2 N–H and O–H groups in total. The molecule has 0 unspecified atom stereocenters. The van der Waals surface area contributed by atoms with Crippen molar-refractivity contribution in [3.05, 3.63) is 0 Å². The number of aliphatic imine (C=N–C) groups is 1. The van der Waals surface area contributed by atoms with Gasteiger partial charge in [-0.15, -0.1) is 24.0 Å². The molecule has 2 saturated heterocycles. The maximum absolute atomic E-state index is 9.61. The molecule has 2 aliphatic heterocycles. The zero-order chi connectivity index (χ0) is 19.6. The fraction of sp³-hybridized carbons (Fsp3) is 0.955. The molecule has 7 heteroatoms. The molecule has 0 aromatic rings. The van der Waals surface area contributed by atoms with Gasteiger partial charge in [-0.2, -0.15) is 0 Å². The van der Waals surface area contributed by atoms with Crippen LogP contribution in [-0.2, 0) is 4.74 Å². The van der Waals surface area contributed by atoms with Crippen molar-refractivity contribution in [2.24, 2.45) is 10.9 Å². The molecule has 0 amide bonds. The fourth-order valence-electron chi connectivity index (χ4n) is 4.73. The normalized spacial score (nSPS) is 23.4. The molecule has 3 rings (SSSR count). The number of nitrogens with zero attached hydrogens (tertiary/aromatic N) is 3. The van der Waals surface area contributed by atoms with Crippen LogP contribution in [0.15, 0.2) is 4.99 Å². The van der Waals surface area contributed by atoms with Gasteiger partial charge in [0.2, 0.25) is 0 Å². The van der Waals surface area contributed by atoms with E-state index < -0.39 is 0 Å². The maximum Gasteiger partial charge on any atom is 0.193 e. The Bertz CT molecular complexity index is 458. The second-order valence-electron chi connectivity index (χ2n) is 8.83. The largest absolute Gasteiger partial charge is 0.393 e. The van der Waals surface area contributed by atoms with Crippen molar-refractivity contribution in [2.75, 3.05) is 52.4 Å². The molecule has 0 aromatic carbocycles. The van der Waals surface area contributed by atoms with Gasteiger partial charge in [-0.1, -0.05) is 12.8 Å². The molecule has 3 fully saturated rings. The number of nitrogens with one attached hydrogen (secondary N) is 1. The number of guanidine groups is 1. The number of rotatable bonds is 8. The summed E-state index contributed by atoms with van der Waals surface area (Å²) in [6, 6.07) is 0. The Morgan fingerprint density at radius 3 is 2.38 bits per heavy atom. The predicted molar refractivity (Wildman–Crippen MR) is 130 cm³/mol. The standard InChI is InChI=1S/C22H42N4O2.HI/c1-2-23-22(24-12-5-13-25-14-8-20(27)9-15-25)26-16-10-21(11-17-26)28-18-19-6-3-4-7-19;/h19-21,27H,2-18H2,1H3,(H,23,24);1H. The summed E-state index contributed by atoms with van der Waals surface area (Å²) >= 11 is 0. The molecule has 170 valence electrons. The van der Waals surface area contributed by atoms with Crippen LogP contribution in [0.1, 0.15) is 64.7 Å². The molecule has 1 saturated carbocycles. The molecule has 0 atom stereocenters. The Morgan fingerprint density at radius 2 is 1.72 bits per heavy atom. The van der Waals surface area contributed by atoms with Crippen LogP contribution in [0.5, 0.6) is 0 Å². The van der Waals surface area contributed by atoms with Gasteiger partial charge in [-0.25, -0.2) is 0 Å². The van der Waals surface area contributed by atoms with Gasteiger partial charge >= 0.3 is 0 Å². The molecule has 0 spiro atoms. The van der Waals surface area contributed by atoms with Crippen LogP contribution >= 0.6 is 24.0 Å². The molecule has 3 aliphatic rings. The van der Waals surface area contributed by atoms with Crippen LogP contribution < -0.4 is 5.32 Å². The van der Waals surface area contributed by atoms with Crippen LogP contribution in [0.25, 0.3) is 0 Å². The maximum atomic E-state index is 9.61. The first kappa shape index (κ1) is 25.1. The number of aliphatic hydroxyl groups is 1. The van der Waals surface area contributed by atoms with Gasteiger partial charge in [0.15, 0.2) is 5.96 Å². The smallest absolute Gasteiger partial charge is 0.193 e. The van der Waals surface area contributed by atoms with Crippen molar-refractivity contribution in [1.82, 2.24) is 15.1 Å². The van der Waals surface area contributed by atoms with Crippen LogP contribution in [-0.4, -0.2) is 85.5 Å². The number of hydrogen-bond donors (Lipinski definition) is 2. The molecule has 0 radical (unpaired) electrons. The van der Waals surface area contributed by atoms with Crippen LogP contribution in [0.4, 0.5) is 0 Å². The summed E-state index contributed by atoms with van der Waals surface area (Å²) in [4.78, 5) is 9.76. The Hall–Kier alpha value is -0.120. The number of halogens is 1. The first-order valence-corrected chi connectivity index (χ1v) is 11.8. The Kier molecular flexibility index (Phi) is 12.2. The number of hydrogen-bond acceptors (Lipinski definition) is 4. The number of ether oxygens (including phenoxy) is 1. The van der Waals surface area contributed by atoms with Crippen LogP contribution in [0, 0.1) is 5.92 Å². The minimum atomic E-state index is -0.0836. The predicted octanol–water partition coefficient (Wildman–Crippen LogP) is 3.09. The van der Waals surface area contributed by atoms with E-state index in [1.165, 1.54) is 25.7 Å². The van der Waals surface area contributed by atoms with Crippen molar-refractivity contribution in [3.63, 3.8) is 0 Å². The van der Waals surface area contributed by atoms with Crippen molar-refractivity contribution >= 4 is 29.9 Å². The van der Waals surface area contributed by atoms with Crippen LogP contribution in [0.3, 0.4) is 0 Å². The molecule has 0 bridgehead atoms. The van der Waals surface area contributed by atoms with E-state index >= 15 is 0 Å². The lowest BCUT2D eigenvalue weighted by atomic mass is 10.1. The number of aliphatic hydroxyl groups excluding tert-OH is 1. The summed E-state index contributed by atoms with van der Waals surface area (Å²) in [5, 5.41) is 13.1. The van der Waals surface area contributed by atoms with Gasteiger partial charge in [-0.05, 0) is 64.3 Å². The second kappa shape index (κ2) is 14.0. The molecular formula is C22H43IN4O2. The molecule has 6 nitrogen and oxygen atoms in total. The second-order valence-corrected chi connectivity index (χ2v) is 8.83. The van der Waals surface area contributed by atoms with E-state index in [1.54, 1.807) is 0 Å². The SMILES string of the molecule is CCNC(=NCCCN1CCC(O)CC1)N1CCC(OCC2CCCC2)CC1.I.